The number of aliphatic hydroxyl groups is 1. The van der Waals surface area contributed by atoms with Crippen LogP contribution >= 0.6 is 0 Å². The number of rotatable bonds is 12. The van der Waals surface area contributed by atoms with Gasteiger partial charge in [-0.2, -0.15) is 8.78 Å². The molecule has 1 unspecified atom stereocenters. The van der Waals surface area contributed by atoms with E-state index in [1.54, 1.807) is 6.92 Å². The Morgan fingerprint density at radius 3 is 2.57 bits per heavy atom. The minimum Gasteiger partial charge on any atom is -0.466 e. The molecule has 122 valence electrons. The molecule has 0 amide bonds. The molecule has 0 heterocycles. The summed E-state index contributed by atoms with van der Waals surface area (Å²) < 4.78 is 42.6. The molecule has 0 saturated carbocycles. The van der Waals surface area contributed by atoms with Gasteiger partial charge in [0.1, 0.15) is 6.10 Å². The maximum atomic E-state index is 14.0. The number of hydrogen-bond acceptors (Lipinski definition) is 4. The molecule has 0 spiro atoms. The third-order valence-electron chi connectivity index (χ3n) is 2.55. The molecule has 0 aliphatic carbocycles. The van der Waals surface area contributed by atoms with E-state index in [2.05, 4.69) is 13.2 Å². The van der Waals surface area contributed by atoms with Crippen LogP contribution in [0.5, 0.6) is 0 Å². The Bertz CT molecular complexity index is 354. The number of allylic oxidation sites excluding steroid dienone is 2. The van der Waals surface area contributed by atoms with Crippen LogP contribution in [-0.2, 0) is 14.2 Å². The molecule has 6 heteroatoms. The van der Waals surface area contributed by atoms with E-state index in [4.69, 9.17) is 14.2 Å². The topological polar surface area (TPSA) is 47.9 Å². The van der Waals surface area contributed by atoms with Crippen LogP contribution in [-0.4, -0.2) is 44.2 Å². The van der Waals surface area contributed by atoms with Crippen molar-refractivity contribution >= 4 is 0 Å². The van der Waals surface area contributed by atoms with Crippen molar-refractivity contribution in [3.8, 4) is 0 Å². The molecule has 21 heavy (non-hydrogen) atoms. The molecule has 0 aromatic rings. The molecular weight excluding hydrogens is 282 g/mol. The smallest absolute Gasteiger partial charge is 0.332 e. The van der Waals surface area contributed by atoms with Gasteiger partial charge in [-0.05, 0) is 25.8 Å². The second-order valence-corrected chi connectivity index (χ2v) is 4.53. The van der Waals surface area contributed by atoms with Gasteiger partial charge in [0.15, 0.2) is 12.6 Å². The largest absolute Gasteiger partial charge is 0.466 e. The highest BCUT2D eigenvalue weighted by molar-refractivity contribution is 5.12. The third kappa shape index (κ3) is 7.94. The van der Waals surface area contributed by atoms with Gasteiger partial charge in [-0.15, -0.1) is 13.2 Å². The van der Waals surface area contributed by atoms with Crippen LogP contribution in [0.1, 0.15) is 19.8 Å². The van der Waals surface area contributed by atoms with E-state index in [0.717, 1.165) is 11.6 Å². The molecule has 1 N–H and O–H groups in total. The van der Waals surface area contributed by atoms with Crippen molar-refractivity contribution in [2.45, 2.75) is 31.8 Å². The first-order valence-electron chi connectivity index (χ1n) is 6.59. The normalized spacial score (nSPS) is 13.9. The van der Waals surface area contributed by atoms with Crippen LogP contribution in [0.3, 0.4) is 0 Å². The Labute approximate surface area is 124 Å². The maximum Gasteiger partial charge on any atom is 0.332 e. The first kappa shape index (κ1) is 19.8. The van der Waals surface area contributed by atoms with Crippen LogP contribution in [0.4, 0.5) is 8.78 Å². The number of halogens is 2. The number of aliphatic hydroxyl groups excluding tert-OH is 1. The fourth-order valence-corrected chi connectivity index (χ4v) is 1.34. The molecule has 0 aromatic heterocycles. The Kier molecular flexibility index (Phi) is 9.86. The lowest BCUT2D eigenvalue weighted by Crippen LogP contribution is -2.35. The lowest BCUT2D eigenvalue weighted by Gasteiger charge is -2.23. The Morgan fingerprint density at radius 2 is 2.05 bits per heavy atom. The first-order valence-corrected chi connectivity index (χ1v) is 6.59. The molecular formula is C15H24F2O4. The second-order valence-electron chi connectivity index (χ2n) is 4.53. The standard InChI is InChI=1S/C15H24F2O4/c1-5-13(18)15(16,17)14(8-6-7-12(2)3)21-11-20-10-9-19-4/h5,8,13,18H,1-2,6-7,9-11H2,3-4H3. The zero-order valence-electron chi connectivity index (χ0n) is 12.6. The predicted octanol–water partition coefficient (Wildman–Crippen LogP) is 3.05. The fourth-order valence-electron chi connectivity index (χ4n) is 1.34. The average Bonchev–Trinajstić information content (AvgIpc) is 2.43. The van der Waals surface area contributed by atoms with Gasteiger partial charge < -0.3 is 19.3 Å². The van der Waals surface area contributed by atoms with E-state index in [0.29, 0.717) is 19.4 Å². The van der Waals surface area contributed by atoms with E-state index in [9.17, 15) is 13.9 Å². The van der Waals surface area contributed by atoms with Crippen molar-refractivity contribution in [2.24, 2.45) is 0 Å². The highest BCUT2D eigenvalue weighted by Gasteiger charge is 2.42. The van der Waals surface area contributed by atoms with Gasteiger partial charge in [0, 0.05) is 7.11 Å². The summed E-state index contributed by atoms with van der Waals surface area (Å²) in [6.07, 6.45) is 0.871. The number of hydrogen-bond donors (Lipinski definition) is 1. The van der Waals surface area contributed by atoms with E-state index in [-0.39, 0.29) is 13.4 Å². The molecule has 0 fully saturated rings. The third-order valence-corrected chi connectivity index (χ3v) is 2.55. The summed E-state index contributed by atoms with van der Waals surface area (Å²) in [5.74, 6) is -4.19. The highest BCUT2D eigenvalue weighted by atomic mass is 19.3. The van der Waals surface area contributed by atoms with Gasteiger partial charge in [0.2, 0.25) is 0 Å². The zero-order valence-corrected chi connectivity index (χ0v) is 12.6. The van der Waals surface area contributed by atoms with Crippen LogP contribution in [0.2, 0.25) is 0 Å². The summed E-state index contributed by atoms with van der Waals surface area (Å²) in [5, 5.41) is 9.34. The summed E-state index contributed by atoms with van der Waals surface area (Å²) in [6.45, 7) is 8.89. The predicted molar refractivity (Wildman–Crippen MR) is 77.1 cm³/mol. The Balaban J connectivity index is 4.68. The number of ether oxygens (including phenoxy) is 3. The van der Waals surface area contributed by atoms with Crippen LogP contribution in [0.15, 0.2) is 36.6 Å². The van der Waals surface area contributed by atoms with Crippen LogP contribution in [0.25, 0.3) is 0 Å². The first-order chi connectivity index (χ1) is 9.86. The van der Waals surface area contributed by atoms with Crippen molar-refractivity contribution in [1.29, 1.82) is 0 Å². The Hall–Kier alpha value is -1.24. The minimum atomic E-state index is -3.55. The van der Waals surface area contributed by atoms with Gasteiger partial charge in [0.25, 0.3) is 0 Å². The summed E-state index contributed by atoms with van der Waals surface area (Å²) in [7, 11) is 1.50. The van der Waals surface area contributed by atoms with Crippen LogP contribution < -0.4 is 0 Å². The molecule has 0 aromatic carbocycles. The SMILES string of the molecule is C=CC(O)C(F)(F)C(=CCCC(=C)C)OCOCCOC. The molecule has 0 aliphatic heterocycles. The van der Waals surface area contributed by atoms with Gasteiger partial charge in [-0.3, -0.25) is 0 Å². The van der Waals surface area contributed by atoms with Gasteiger partial charge in [-0.25, -0.2) is 0 Å². The number of methoxy groups -OCH3 is 1. The Morgan fingerprint density at radius 1 is 1.38 bits per heavy atom. The van der Waals surface area contributed by atoms with Crippen molar-refractivity contribution < 1.29 is 28.1 Å². The summed E-state index contributed by atoms with van der Waals surface area (Å²) in [5.41, 5.74) is 0.870. The molecule has 0 radical (unpaired) electrons. The summed E-state index contributed by atoms with van der Waals surface area (Å²) >= 11 is 0. The second kappa shape index (κ2) is 10.5. The van der Waals surface area contributed by atoms with E-state index >= 15 is 0 Å². The average molecular weight is 306 g/mol. The van der Waals surface area contributed by atoms with Gasteiger partial charge in [0.05, 0.1) is 13.2 Å². The van der Waals surface area contributed by atoms with Crippen molar-refractivity contribution in [3.05, 3.63) is 36.6 Å². The van der Waals surface area contributed by atoms with Crippen molar-refractivity contribution in [2.75, 3.05) is 27.1 Å². The van der Waals surface area contributed by atoms with Crippen molar-refractivity contribution in [1.82, 2.24) is 0 Å². The zero-order chi connectivity index (χ0) is 16.3. The molecule has 0 aliphatic rings. The molecule has 1 atom stereocenters. The lowest BCUT2D eigenvalue weighted by atomic mass is 10.1. The van der Waals surface area contributed by atoms with E-state index in [1.807, 2.05) is 0 Å². The highest BCUT2D eigenvalue weighted by Crippen LogP contribution is 2.30. The van der Waals surface area contributed by atoms with Gasteiger partial charge in [-0.1, -0.05) is 11.6 Å². The number of alkyl halides is 2. The minimum absolute atomic E-state index is 0.227. The lowest BCUT2D eigenvalue weighted by molar-refractivity contribution is -0.123. The van der Waals surface area contributed by atoms with Gasteiger partial charge >= 0.3 is 5.92 Å². The maximum absolute atomic E-state index is 14.0. The van der Waals surface area contributed by atoms with Crippen LogP contribution in [0, 0.1) is 0 Å². The summed E-state index contributed by atoms with van der Waals surface area (Å²) in [6, 6.07) is 0. The van der Waals surface area contributed by atoms with E-state index in [1.165, 1.54) is 13.2 Å². The van der Waals surface area contributed by atoms with E-state index < -0.39 is 17.8 Å². The monoisotopic (exact) mass is 306 g/mol. The fraction of sp³-hybridized carbons (Fsp3) is 0.600. The molecule has 0 rings (SSSR count). The van der Waals surface area contributed by atoms with Crippen molar-refractivity contribution in [3.63, 3.8) is 0 Å². The molecule has 0 saturated heterocycles. The molecule has 4 nitrogen and oxygen atoms in total. The molecule has 0 bridgehead atoms. The summed E-state index contributed by atoms with van der Waals surface area (Å²) in [4.78, 5) is 0. The quantitative estimate of drug-likeness (QED) is 0.260.